The van der Waals surface area contributed by atoms with Crippen molar-refractivity contribution >= 4 is 15.9 Å². The van der Waals surface area contributed by atoms with E-state index in [1.807, 2.05) is 19.1 Å². The molecule has 1 heterocycles. The van der Waals surface area contributed by atoms with Gasteiger partial charge >= 0.3 is 6.18 Å². The zero-order chi connectivity index (χ0) is 24.3. The Morgan fingerprint density at radius 2 is 1.94 bits per heavy atom. The van der Waals surface area contributed by atoms with Crippen molar-refractivity contribution in [1.82, 2.24) is 9.62 Å². The first-order valence-electron chi connectivity index (χ1n) is 11.3. The number of piperidine rings is 1. The quantitative estimate of drug-likeness (QED) is 0.544. The molecule has 0 radical (unpaired) electrons. The zero-order valence-electron chi connectivity index (χ0n) is 18.6. The summed E-state index contributed by atoms with van der Waals surface area (Å²) in [4.78, 5) is 12.3. The summed E-state index contributed by atoms with van der Waals surface area (Å²) in [7, 11) is -4.08. The lowest BCUT2D eigenvalue weighted by Crippen LogP contribution is -2.54. The van der Waals surface area contributed by atoms with E-state index in [1.54, 1.807) is 0 Å². The Kier molecular flexibility index (Phi) is 7.91. The number of carbonyl (C=O) groups is 1. The van der Waals surface area contributed by atoms with E-state index in [9.17, 15) is 31.5 Å². The summed E-state index contributed by atoms with van der Waals surface area (Å²) in [6.45, 7) is 2.17. The number of amides is 1. The van der Waals surface area contributed by atoms with Gasteiger partial charge in [-0.25, -0.2) is 8.42 Å². The second kappa shape index (κ2) is 10.1. The van der Waals surface area contributed by atoms with Crippen LogP contribution in [0.4, 0.5) is 13.2 Å². The standard InChI is InChI=1S/C23H31F3N2O4S/c1-2-3-4-11-22(12-6-13-22)20(29)21(30)27-18-9-14-28(15-10-18)33(31,32)19-8-5-7-17(16-19)23(24,25)26/h3-5,7-8,16,18,20,29H,2,6,9-15H2,1H3,(H,27,30)/b4-3-. The van der Waals surface area contributed by atoms with E-state index in [1.165, 1.54) is 0 Å². The van der Waals surface area contributed by atoms with Crippen molar-refractivity contribution in [2.75, 3.05) is 13.1 Å². The molecule has 2 fully saturated rings. The molecule has 184 valence electrons. The van der Waals surface area contributed by atoms with Crippen LogP contribution in [0.1, 0.15) is 57.4 Å². The Morgan fingerprint density at radius 1 is 1.27 bits per heavy atom. The highest BCUT2D eigenvalue weighted by Crippen LogP contribution is 2.47. The zero-order valence-corrected chi connectivity index (χ0v) is 19.5. The van der Waals surface area contributed by atoms with Crippen molar-refractivity contribution in [3.05, 3.63) is 42.0 Å². The largest absolute Gasteiger partial charge is 0.416 e. The molecule has 1 aromatic carbocycles. The average molecular weight is 489 g/mol. The van der Waals surface area contributed by atoms with Crippen molar-refractivity contribution in [3.63, 3.8) is 0 Å². The van der Waals surface area contributed by atoms with Gasteiger partial charge < -0.3 is 10.4 Å². The van der Waals surface area contributed by atoms with Crippen molar-refractivity contribution in [2.45, 2.75) is 75.1 Å². The monoisotopic (exact) mass is 488 g/mol. The molecular formula is C23H31F3N2O4S. The fourth-order valence-corrected chi connectivity index (χ4v) is 6.00. The third kappa shape index (κ3) is 5.78. The molecule has 2 N–H and O–H groups in total. The molecule has 1 aliphatic carbocycles. The minimum Gasteiger partial charge on any atom is -0.383 e. The summed E-state index contributed by atoms with van der Waals surface area (Å²) in [6.07, 6.45) is 2.97. The van der Waals surface area contributed by atoms with Gasteiger partial charge in [0, 0.05) is 24.5 Å². The lowest BCUT2D eigenvalue weighted by Gasteiger charge is -2.44. The Morgan fingerprint density at radius 3 is 2.48 bits per heavy atom. The van der Waals surface area contributed by atoms with Crippen LogP contribution in [0.25, 0.3) is 0 Å². The Balaban J connectivity index is 1.58. The predicted octanol–water partition coefficient (Wildman–Crippen LogP) is 3.86. The van der Waals surface area contributed by atoms with E-state index in [0.29, 0.717) is 25.3 Å². The smallest absolute Gasteiger partial charge is 0.383 e. The van der Waals surface area contributed by atoms with Crippen LogP contribution < -0.4 is 5.32 Å². The molecule has 0 aromatic heterocycles. The summed E-state index contributed by atoms with van der Waals surface area (Å²) in [5.41, 5.74) is -1.46. The van der Waals surface area contributed by atoms with Crippen LogP contribution in [0.3, 0.4) is 0 Å². The first-order valence-corrected chi connectivity index (χ1v) is 12.7. The van der Waals surface area contributed by atoms with Crippen LogP contribution in [0.15, 0.2) is 41.3 Å². The molecule has 1 saturated heterocycles. The van der Waals surface area contributed by atoms with Gasteiger partial charge in [0.1, 0.15) is 6.10 Å². The SMILES string of the molecule is CC/C=C\CC1(C(O)C(=O)NC2CCN(S(=O)(=O)c3cccc(C(F)(F)F)c3)CC2)CCC1. The Labute approximate surface area is 192 Å². The molecule has 1 aliphatic heterocycles. The second-order valence-electron chi connectivity index (χ2n) is 8.91. The fourth-order valence-electron chi connectivity index (χ4n) is 4.49. The van der Waals surface area contributed by atoms with Crippen molar-refractivity contribution in [2.24, 2.45) is 5.41 Å². The number of sulfonamides is 1. The first-order chi connectivity index (χ1) is 15.5. The maximum atomic E-state index is 13.0. The number of benzene rings is 1. The summed E-state index contributed by atoms with van der Waals surface area (Å²) < 4.78 is 65.7. The number of aliphatic hydroxyl groups excluding tert-OH is 1. The molecular weight excluding hydrogens is 457 g/mol. The highest BCUT2D eigenvalue weighted by Gasteiger charge is 2.46. The maximum absolute atomic E-state index is 13.0. The highest BCUT2D eigenvalue weighted by molar-refractivity contribution is 7.89. The van der Waals surface area contributed by atoms with Crippen molar-refractivity contribution < 1.29 is 31.5 Å². The topological polar surface area (TPSA) is 86.7 Å². The minimum absolute atomic E-state index is 0.0734. The number of hydrogen-bond donors (Lipinski definition) is 2. The van der Waals surface area contributed by atoms with E-state index in [0.717, 1.165) is 48.2 Å². The van der Waals surface area contributed by atoms with Gasteiger partial charge in [0.15, 0.2) is 0 Å². The molecule has 1 atom stereocenters. The lowest BCUT2D eigenvalue weighted by atomic mass is 9.62. The third-order valence-electron chi connectivity index (χ3n) is 6.70. The van der Waals surface area contributed by atoms with Gasteiger partial charge in [-0.15, -0.1) is 0 Å². The van der Waals surface area contributed by atoms with Gasteiger partial charge in [0.05, 0.1) is 10.5 Å². The number of nitrogens with zero attached hydrogens (tertiary/aromatic N) is 1. The van der Waals surface area contributed by atoms with Gasteiger partial charge in [-0.3, -0.25) is 4.79 Å². The van der Waals surface area contributed by atoms with Crippen LogP contribution in [0.5, 0.6) is 0 Å². The van der Waals surface area contributed by atoms with Crippen LogP contribution in [0.2, 0.25) is 0 Å². The van der Waals surface area contributed by atoms with Gasteiger partial charge in [0.25, 0.3) is 0 Å². The number of hydrogen-bond acceptors (Lipinski definition) is 4. The molecule has 1 amide bonds. The number of carbonyl (C=O) groups excluding carboxylic acids is 1. The molecule has 1 unspecified atom stereocenters. The van der Waals surface area contributed by atoms with E-state index >= 15 is 0 Å². The molecule has 6 nitrogen and oxygen atoms in total. The third-order valence-corrected chi connectivity index (χ3v) is 8.60. The summed E-state index contributed by atoms with van der Waals surface area (Å²) in [6, 6.07) is 3.41. The maximum Gasteiger partial charge on any atom is 0.416 e. The van der Waals surface area contributed by atoms with Crippen molar-refractivity contribution in [3.8, 4) is 0 Å². The van der Waals surface area contributed by atoms with E-state index in [4.69, 9.17) is 0 Å². The lowest BCUT2D eigenvalue weighted by molar-refractivity contribution is -0.142. The normalized spacial score (nSPS) is 21.0. The number of rotatable bonds is 8. The first kappa shape index (κ1) is 25.7. The molecule has 1 saturated carbocycles. The van der Waals surface area contributed by atoms with E-state index < -0.39 is 44.1 Å². The molecule has 0 spiro atoms. The highest BCUT2D eigenvalue weighted by atomic mass is 32.2. The van der Waals surface area contributed by atoms with Gasteiger partial charge in [-0.2, -0.15) is 17.5 Å². The summed E-state index contributed by atoms with van der Waals surface area (Å²) >= 11 is 0. The van der Waals surface area contributed by atoms with E-state index in [-0.39, 0.29) is 19.1 Å². The summed E-state index contributed by atoms with van der Waals surface area (Å²) in [5.74, 6) is -0.446. The molecule has 10 heteroatoms. The molecule has 1 aromatic rings. The van der Waals surface area contributed by atoms with Crippen LogP contribution in [-0.4, -0.2) is 49.0 Å². The minimum atomic E-state index is -4.63. The number of alkyl halides is 3. The van der Waals surface area contributed by atoms with Crippen LogP contribution in [0, 0.1) is 5.41 Å². The second-order valence-corrected chi connectivity index (χ2v) is 10.9. The number of halogens is 3. The predicted molar refractivity (Wildman–Crippen MR) is 118 cm³/mol. The molecule has 0 bridgehead atoms. The average Bonchev–Trinajstić information content (AvgIpc) is 2.75. The van der Waals surface area contributed by atoms with Gasteiger partial charge in [-0.1, -0.05) is 31.6 Å². The van der Waals surface area contributed by atoms with Crippen LogP contribution >= 0.6 is 0 Å². The number of aliphatic hydroxyl groups is 1. The van der Waals surface area contributed by atoms with Gasteiger partial charge in [0.2, 0.25) is 15.9 Å². The van der Waals surface area contributed by atoms with E-state index in [2.05, 4.69) is 5.32 Å². The molecule has 33 heavy (non-hydrogen) atoms. The Hall–Kier alpha value is -1.91. The van der Waals surface area contributed by atoms with Crippen LogP contribution in [-0.2, 0) is 21.0 Å². The number of allylic oxidation sites excluding steroid dienone is 2. The molecule has 2 aliphatic rings. The fraction of sp³-hybridized carbons (Fsp3) is 0.609. The van der Waals surface area contributed by atoms with Gasteiger partial charge in [-0.05, 0) is 56.7 Å². The van der Waals surface area contributed by atoms with Crippen molar-refractivity contribution in [1.29, 1.82) is 0 Å². The summed E-state index contributed by atoms with van der Waals surface area (Å²) in [5, 5.41) is 13.5. The molecule has 3 rings (SSSR count). The number of nitrogens with one attached hydrogen (secondary N) is 1. The Bertz CT molecular complexity index is 966.